The minimum Gasteiger partial charge on any atom is -0.327 e. The maximum absolute atomic E-state index is 5.93. The molecule has 1 saturated carbocycles. The van der Waals surface area contributed by atoms with E-state index in [2.05, 4.69) is 38.1 Å². The van der Waals surface area contributed by atoms with Crippen LogP contribution in [0.1, 0.15) is 43.7 Å². The Morgan fingerprint density at radius 2 is 1.93 bits per heavy atom. The van der Waals surface area contributed by atoms with Crippen LogP contribution >= 0.6 is 0 Å². The standard InChI is InChI=1S/C14H21N/c1-3-4-11-5-7-12(8-6-11)13-9-14(15)10(13)2/h5-8,10,13-14H,3-4,9,15H2,1-2H3. The molecule has 1 aliphatic rings. The lowest BCUT2D eigenvalue weighted by molar-refractivity contribution is 0.226. The third kappa shape index (κ3) is 2.07. The minimum absolute atomic E-state index is 0.422. The van der Waals surface area contributed by atoms with E-state index in [1.54, 1.807) is 0 Å². The van der Waals surface area contributed by atoms with Crippen molar-refractivity contribution in [2.24, 2.45) is 11.7 Å². The van der Waals surface area contributed by atoms with Crippen LogP contribution in [0.5, 0.6) is 0 Å². The summed E-state index contributed by atoms with van der Waals surface area (Å²) in [6.45, 7) is 4.49. The van der Waals surface area contributed by atoms with Crippen molar-refractivity contribution < 1.29 is 0 Å². The molecule has 2 N–H and O–H groups in total. The fourth-order valence-corrected chi connectivity index (χ4v) is 2.48. The molecule has 2 rings (SSSR count). The van der Waals surface area contributed by atoms with Crippen LogP contribution in [0.3, 0.4) is 0 Å². The normalized spacial score (nSPS) is 29.9. The van der Waals surface area contributed by atoms with Crippen LogP contribution in [0.4, 0.5) is 0 Å². The van der Waals surface area contributed by atoms with Crippen molar-refractivity contribution in [1.29, 1.82) is 0 Å². The van der Waals surface area contributed by atoms with Gasteiger partial charge in [0.05, 0.1) is 0 Å². The summed E-state index contributed by atoms with van der Waals surface area (Å²) in [5, 5.41) is 0. The highest BCUT2D eigenvalue weighted by molar-refractivity contribution is 5.28. The van der Waals surface area contributed by atoms with Gasteiger partial charge in [0.1, 0.15) is 0 Å². The van der Waals surface area contributed by atoms with Gasteiger partial charge < -0.3 is 5.73 Å². The molecule has 1 fully saturated rings. The molecular formula is C14H21N. The maximum Gasteiger partial charge on any atom is 0.00763 e. The van der Waals surface area contributed by atoms with Crippen molar-refractivity contribution in [3.63, 3.8) is 0 Å². The van der Waals surface area contributed by atoms with E-state index in [4.69, 9.17) is 5.73 Å². The molecule has 0 saturated heterocycles. The smallest absolute Gasteiger partial charge is 0.00763 e. The zero-order valence-corrected chi connectivity index (χ0v) is 9.74. The molecule has 1 aromatic rings. The number of rotatable bonds is 3. The molecule has 1 aromatic carbocycles. The zero-order valence-electron chi connectivity index (χ0n) is 9.74. The molecule has 1 heteroatoms. The SMILES string of the molecule is CCCc1ccc(C2CC(N)C2C)cc1. The minimum atomic E-state index is 0.422. The summed E-state index contributed by atoms with van der Waals surface area (Å²) >= 11 is 0. The van der Waals surface area contributed by atoms with E-state index in [0.717, 1.165) is 6.42 Å². The highest BCUT2D eigenvalue weighted by Gasteiger charge is 2.35. The van der Waals surface area contributed by atoms with Gasteiger partial charge in [-0.2, -0.15) is 0 Å². The molecule has 0 radical (unpaired) electrons. The van der Waals surface area contributed by atoms with Crippen LogP contribution in [0, 0.1) is 5.92 Å². The maximum atomic E-state index is 5.93. The van der Waals surface area contributed by atoms with Crippen LogP contribution in [-0.4, -0.2) is 6.04 Å². The molecule has 1 aliphatic carbocycles. The van der Waals surface area contributed by atoms with E-state index in [-0.39, 0.29) is 0 Å². The molecular weight excluding hydrogens is 182 g/mol. The highest BCUT2D eigenvalue weighted by atomic mass is 14.7. The Morgan fingerprint density at radius 1 is 1.27 bits per heavy atom. The van der Waals surface area contributed by atoms with Crippen LogP contribution in [0.25, 0.3) is 0 Å². The molecule has 15 heavy (non-hydrogen) atoms. The Kier molecular flexibility index (Phi) is 3.11. The first-order chi connectivity index (χ1) is 7.22. The Labute approximate surface area is 92.7 Å². The molecule has 3 unspecified atom stereocenters. The van der Waals surface area contributed by atoms with Gasteiger partial charge in [0.15, 0.2) is 0 Å². The summed E-state index contributed by atoms with van der Waals surface area (Å²) in [4.78, 5) is 0. The van der Waals surface area contributed by atoms with E-state index in [1.807, 2.05) is 0 Å². The van der Waals surface area contributed by atoms with Gasteiger partial charge in [-0.05, 0) is 35.8 Å². The third-order valence-corrected chi connectivity index (χ3v) is 3.78. The number of hydrogen-bond acceptors (Lipinski definition) is 1. The lowest BCUT2D eigenvalue weighted by Crippen LogP contribution is -2.44. The van der Waals surface area contributed by atoms with Gasteiger partial charge in [-0.25, -0.2) is 0 Å². The third-order valence-electron chi connectivity index (χ3n) is 3.78. The molecule has 0 heterocycles. The second-order valence-electron chi connectivity index (χ2n) is 4.86. The molecule has 0 amide bonds. The average Bonchev–Trinajstić information content (AvgIpc) is 2.27. The van der Waals surface area contributed by atoms with E-state index >= 15 is 0 Å². The average molecular weight is 203 g/mol. The van der Waals surface area contributed by atoms with Crippen molar-refractivity contribution in [2.75, 3.05) is 0 Å². The van der Waals surface area contributed by atoms with Gasteiger partial charge in [-0.1, -0.05) is 44.5 Å². The molecule has 0 aromatic heterocycles. The van der Waals surface area contributed by atoms with Crippen molar-refractivity contribution in [3.05, 3.63) is 35.4 Å². The number of benzene rings is 1. The topological polar surface area (TPSA) is 26.0 Å². The second kappa shape index (κ2) is 4.36. The first-order valence-electron chi connectivity index (χ1n) is 6.06. The van der Waals surface area contributed by atoms with E-state index in [1.165, 1.54) is 24.0 Å². The van der Waals surface area contributed by atoms with Gasteiger partial charge >= 0.3 is 0 Å². The summed E-state index contributed by atoms with van der Waals surface area (Å²) in [5.41, 5.74) is 8.86. The fourth-order valence-electron chi connectivity index (χ4n) is 2.48. The lowest BCUT2D eigenvalue weighted by atomic mass is 9.67. The Bertz CT molecular complexity index is 315. The molecule has 3 atom stereocenters. The van der Waals surface area contributed by atoms with E-state index in [9.17, 15) is 0 Å². The van der Waals surface area contributed by atoms with E-state index in [0.29, 0.717) is 17.9 Å². The summed E-state index contributed by atoms with van der Waals surface area (Å²) in [5.74, 6) is 1.36. The van der Waals surface area contributed by atoms with Crippen molar-refractivity contribution in [2.45, 2.75) is 45.1 Å². The van der Waals surface area contributed by atoms with Crippen LogP contribution in [0.15, 0.2) is 24.3 Å². The number of hydrogen-bond donors (Lipinski definition) is 1. The second-order valence-corrected chi connectivity index (χ2v) is 4.86. The van der Waals surface area contributed by atoms with Crippen molar-refractivity contribution in [1.82, 2.24) is 0 Å². The largest absolute Gasteiger partial charge is 0.327 e. The highest BCUT2D eigenvalue weighted by Crippen LogP contribution is 2.41. The summed E-state index contributed by atoms with van der Waals surface area (Å²) in [7, 11) is 0. The number of aryl methyl sites for hydroxylation is 1. The van der Waals surface area contributed by atoms with Crippen LogP contribution < -0.4 is 5.73 Å². The van der Waals surface area contributed by atoms with Gasteiger partial charge in [0.2, 0.25) is 0 Å². The first kappa shape index (κ1) is 10.7. The summed E-state index contributed by atoms with van der Waals surface area (Å²) in [6, 6.07) is 9.55. The monoisotopic (exact) mass is 203 g/mol. The van der Waals surface area contributed by atoms with Crippen molar-refractivity contribution in [3.8, 4) is 0 Å². The Morgan fingerprint density at radius 3 is 2.40 bits per heavy atom. The van der Waals surface area contributed by atoms with E-state index < -0.39 is 0 Å². The molecule has 1 nitrogen and oxygen atoms in total. The van der Waals surface area contributed by atoms with Crippen molar-refractivity contribution >= 4 is 0 Å². The number of nitrogens with two attached hydrogens (primary N) is 1. The summed E-state index contributed by atoms with van der Waals surface area (Å²) < 4.78 is 0. The predicted octanol–water partition coefficient (Wildman–Crippen LogP) is 3.09. The predicted molar refractivity (Wildman–Crippen MR) is 64.9 cm³/mol. The Hall–Kier alpha value is -0.820. The van der Waals surface area contributed by atoms with Crippen LogP contribution in [-0.2, 0) is 6.42 Å². The van der Waals surface area contributed by atoms with Gasteiger partial charge in [0, 0.05) is 6.04 Å². The fraction of sp³-hybridized carbons (Fsp3) is 0.571. The molecule has 82 valence electrons. The van der Waals surface area contributed by atoms with Gasteiger partial charge in [-0.3, -0.25) is 0 Å². The first-order valence-corrected chi connectivity index (χ1v) is 6.06. The Balaban J connectivity index is 2.04. The zero-order chi connectivity index (χ0) is 10.8. The quantitative estimate of drug-likeness (QED) is 0.802. The van der Waals surface area contributed by atoms with Gasteiger partial charge in [-0.15, -0.1) is 0 Å². The molecule has 0 bridgehead atoms. The molecule has 0 spiro atoms. The summed E-state index contributed by atoms with van der Waals surface area (Å²) in [6.07, 6.45) is 3.58. The van der Waals surface area contributed by atoms with Crippen LogP contribution in [0.2, 0.25) is 0 Å². The lowest BCUT2D eigenvalue weighted by Gasteiger charge is -2.41. The van der Waals surface area contributed by atoms with Gasteiger partial charge in [0.25, 0.3) is 0 Å². The molecule has 0 aliphatic heterocycles.